The zero-order chi connectivity index (χ0) is 13.2. The number of carboxylic acid groups (broad SMARTS) is 2. The Balaban J connectivity index is 3.19. The Morgan fingerprint density at radius 1 is 1.41 bits per heavy atom. The second-order valence-electron chi connectivity index (χ2n) is 3.29. The van der Waals surface area contributed by atoms with Crippen LogP contribution in [0.4, 0.5) is 5.69 Å². The van der Waals surface area contributed by atoms with Crippen LogP contribution in [-0.4, -0.2) is 28.2 Å². The first-order valence-corrected chi connectivity index (χ1v) is 4.47. The van der Waals surface area contributed by atoms with Gasteiger partial charge in [-0.25, -0.2) is 9.59 Å². The Morgan fingerprint density at radius 2 is 2.00 bits per heavy atom. The van der Waals surface area contributed by atoms with Crippen molar-refractivity contribution in [1.82, 2.24) is 0 Å². The molecule has 1 aromatic rings. The van der Waals surface area contributed by atoms with E-state index in [4.69, 9.17) is 21.7 Å². The minimum atomic E-state index is -1.45. The molecule has 0 saturated carbocycles. The van der Waals surface area contributed by atoms with Crippen molar-refractivity contribution in [3.8, 4) is 0 Å². The molecule has 1 heterocycles. The molecular formula is C9H10N2O6. The van der Waals surface area contributed by atoms with Crippen LogP contribution in [0, 0.1) is 0 Å². The summed E-state index contributed by atoms with van der Waals surface area (Å²) in [7, 11) is 0. The Labute approximate surface area is 94.4 Å². The molecule has 0 aliphatic carbocycles. The highest BCUT2D eigenvalue weighted by Gasteiger charge is 2.18. The lowest BCUT2D eigenvalue weighted by atomic mass is 10.1. The Bertz CT molecular complexity index is 521. The van der Waals surface area contributed by atoms with Gasteiger partial charge in [0.1, 0.15) is 11.7 Å². The number of nitrogens with two attached hydrogens (primary N) is 2. The zero-order valence-corrected chi connectivity index (χ0v) is 8.54. The molecule has 17 heavy (non-hydrogen) atoms. The van der Waals surface area contributed by atoms with E-state index >= 15 is 0 Å². The monoisotopic (exact) mass is 242 g/mol. The SMILES string of the molecule is Nc1c(CC(N)C(=O)O)cc(C(=O)O)oc1=O. The van der Waals surface area contributed by atoms with Crippen LogP contribution in [0.1, 0.15) is 16.1 Å². The van der Waals surface area contributed by atoms with Gasteiger partial charge < -0.3 is 26.1 Å². The fourth-order valence-electron chi connectivity index (χ4n) is 1.15. The van der Waals surface area contributed by atoms with Crippen molar-refractivity contribution in [1.29, 1.82) is 0 Å². The van der Waals surface area contributed by atoms with Crippen molar-refractivity contribution in [2.24, 2.45) is 5.73 Å². The number of carbonyl (C=O) groups is 2. The second-order valence-corrected chi connectivity index (χ2v) is 3.29. The highest BCUT2D eigenvalue weighted by Crippen LogP contribution is 2.11. The minimum Gasteiger partial charge on any atom is -0.480 e. The topological polar surface area (TPSA) is 157 Å². The molecule has 0 aliphatic rings. The number of anilines is 1. The van der Waals surface area contributed by atoms with Gasteiger partial charge in [-0.1, -0.05) is 0 Å². The van der Waals surface area contributed by atoms with E-state index in [9.17, 15) is 14.4 Å². The van der Waals surface area contributed by atoms with Gasteiger partial charge in [-0.3, -0.25) is 4.79 Å². The van der Waals surface area contributed by atoms with E-state index in [0.717, 1.165) is 6.07 Å². The van der Waals surface area contributed by atoms with Crippen LogP contribution in [0.3, 0.4) is 0 Å². The fourth-order valence-corrected chi connectivity index (χ4v) is 1.15. The van der Waals surface area contributed by atoms with Crippen LogP contribution in [0.15, 0.2) is 15.3 Å². The largest absolute Gasteiger partial charge is 0.480 e. The summed E-state index contributed by atoms with van der Waals surface area (Å²) in [5.41, 5.74) is 9.28. The van der Waals surface area contributed by atoms with Gasteiger partial charge in [-0.05, 0) is 11.6 Å². The smallest absolute Gasteiger partial charge is 0.371 e. The molecule has 1 unspecified atom stereocenters. The maximum absolute atomic E-state index is 11.2. The van der Waals surface area contributed by atoms with Gasteiger partial charge in [0.25, 0.3) is 0 Å². The predicted octanol–water partition coefficient (Wildman–Crippen LogP) is -1.13. The number of aromatic carboxylic acids is 1. The van der Waals surface area contributed by atoms with E-state index < -0.39 is 29.4 Å². The lowest BCUT2D eigenvalue weighted by Crippen LogP contribution is -2.33. The van der Waals surface area contributed by atoms with E-state index in [0.29, 0.717) is 0 Å². The summed E-state index contributed by atoms with van der Waals surface area (Å²) < 4.78 is 4.38. The van der Waals surface area contributed by atoms with E-state index in [1.54, 1.807) is 0 Å². The molecule has 0 bridgehead atoms. The normalized spacial score (nSPS) is 12.1. The van der Waals surface area contributed by atoms with Crippen molar-refractivity contribution < 1.29 is 24.2 Å². The lowest BCUT2D eigenvalue weighted by molar-refractivity contribution is -0.138. The first-order valence-electron chi connectivity index (χ1n) is 4.47. The van der Waals surface area contributed by atoms with Crippen molar-refractivity contribution in [3.05, 3.63) is 27.8 Å². The first-order chi connectivity index (χ1) is 7.82. The number of rotatable bonds is 4. The molecular weight excluding hydrogens is 232 g/mol. The van der Waals surface area contributed by atoms with Crippen molar-refractivity contribution in [2.75, 3.05) is 5.73 Å². The van der Waals surface area contributed by atoms with Gasteiger partial charge in [0, 0.05) is 6.42 Å². The summed E-state index contributed by atoms with van der Waals surface area (Å²) in [5, 5.41) is 17.2. The molecule has 0 radical (unpaired) electrons. The third kappa shape index (κ3) is 2.82. The lowest BCUT2D eigenvalue weighted by Gasteiger charge is -2.08. The van der Waals surface area contributed by atoms with Gasteiger partial charge in [0.2, 0.25) is 5.76 Å². The molecule has 92 valence electrons. The van der Waals surface area contributed by atoms with Crippen LogP contribution in [0.5, 0.6) is 0 Å². The van der Waals surface area contributed by atoms with Crippen LogP contribution in [0.25, 0.3) is 0 Å². The maximum Gasteiger partial charge on any atom is 0.371 e. The molecule has 0 spiro atoms. The van der Waals surface area contributed by atoms with Crippen molar-refractivity contribution in [2.45, 2.75) is 12.5 Å². The highest BCUT2D eigenvalue weighted by atomic mass is 16.4. The highest BCUT2D eigenvalue weighted by molar-refractivity contribution is 5.85. The number of hydrogen-bond donors (Lipinski definition) is 4. The van der Waals surface area contributed by atoms with Crippen molar-refractivity contribution >= 4 is 17.6 Å². The standard InChI is InChI=1S/C9H10N2O6/c10-4(7(12)13)1-3-2-5(8(14)15)17-9(16)6(3)11/h2,4H,1,10-11H2,(H,12,13)(H,14,15). The van der Waals surface area contributed by atoms with E-state index in [1.165, 1.54) is 0 Å². The minimum absolute atomic E-state index is 0.0357. The Morgan fingerprint density at radius 3 is 2.47 bits per heavy atom. The molecule has 8 nitrogen and oxygen atoms in total. The van der Waals surface area contributed by atoms with Gasteiger partial charge in [-0.2, -0.15) is 0 Å². The number of hydrogen-bond acceptors (Lipinski definition) is 6. The van der Waals surface area contributed by atoms with Gasteiger partial charge in [0.15, 0.2) is 0 Å². The Kier molecular flexibility index (Phi) is 3.49. The molecule has 0 fully saturated rings. The average molecular weight is 242 g/mol. The number of nitrogen functional groups attached to an aromatic ring is 1. The fraction of sp³-hybridized carbons (Fsp3) is 0.222. The number of carboxylic acids is 2. The van der Waals surface area contributed by atoms with Crippen LogP contribution in [0.2, 0.25) is 0 Å². The summed E-state index contributed by atoms with van der Waals surface area (Å²) >= 11 is 0. The third-order valence-corrected chi connectivity index (χ3v) is 2.04. The molecule has 1 aromatic heterocycles. The summed E-state index contributed by atoms with van der Waals surface area (Å²) in [6.07, 6.45) is -0.257. The quantitative estimate of drug-likeness (QED) is 0.516. The van der Waals surface area contributed by atoms with Gasteiger partial charge in [0.05, 0.1) is 0 Å². The zero-order valence-electron chi connectivity index (χ0n) is 8.54. The van der Waals surface area contributed by atoms with Gasteiger partial charge >= 0.3 is 17.6 Å². The number of aliphatic carboxylic acids is 1. The molecule has 0 saturated heterocycles. The van der Waals surface area contributed by atoms with E-state index in [-0.39, 0.29) is 17.7 Å². The molecule has 0 aliphatic heterocycles. The van der Waals surface area contributed by atoms with Crippen LogP contribution in [-0.2, 0) is 11.2 Å². The average Bonchev–Trinajstić information content (AvgIpc) is 2.23. The van der Waals surface area contributed by atoms with Gasteiger partial charge in [-0.15, -0.1) is 0 Å². The molecule has 8 heteroatoms. The summed E-state index contributed by atoms with van der Waals surface area (Å²) in [4.78, 5) is 32.3. The molecule has 0 aromatic carbocycles. The third-order valence-electron chi connectivity index (χ3n) is 2.04. The van der Waals surface area contributed by atoms with E-state index in [1.807, 2.05) is 0 Å². The van der Waals surface area contributed by atoms with Crippen LogP contribution >= 0.6 is 0 Å². The summed E-state index contributed by atoms with van der Waals surface area (Å²) in [6, 6.07) is -0.289. The summed E-state index contributed by atoms with van der Waals surface area (Å²) in [5.74, 6) is -3.35. The molecule has 6 N–H and O–H groups in total. The molecule has 0 amide bonds. The predicted molar refractivity (Wildman–Crippen MR) is 55.7 cm³/mol. The van der Waals surface area contributed by atoms with Crippen LogP contribution < -0.4 is 17.1 Å². The van der Waals surface area contributed by atoms with Crippen molar-refractivity contribution in [3.63, 3.8) is 0 Å². The summed E-state index contributed by atoms with van der Waals surface area (Å²) in [6.45, 7) is 0. The molecule has 1 atom stereocenters. The first kappa shape index (κ1) is 12.7. The Hall–Kier alpha value is -2.35. The maximum atomic E-state index is 11.2. The molecule has 1 rings (SSSR count). The second kappa shape index (κ2) is 4.66. The van der Waals surface area contributed by atoms with E-state index in [2.05, 4.69) is 4.42 Å².